The van der Waals surface area contributed by atoms with Gasteiger partial charge in [-0.15, -0.1) is 21.5 Å². The molecule has 1 N–H and O–H groups in total. The average molecular weight is 451 g/mol. The summed E-state index contributed by atoms with van der Waals surface area (Å²) < 4.78 is 3.37. The lowest BCUT2D eigenvalue weighted by Crippen LogP contribution is -2.14. The van der Waals surface area contributed by atoms with Crippen LogP contribution in [0.1, 0.15) is 38.7 Å². The third-order valence-corrected chi connectivity index (χ3v) is 7.01. The fraction of sp³-hybridized carbons (Fsp3) is 0.292. The Labute approximate surface area is 190 Å². The quantitative estimate of drug-likeness (QED) is 0.315. The first-order valence-corrected chi connectivity index (χ1v) is 12.4. The first kappa shape index (κ1) is 21.6. The van der Waals surface area contributed by atoms with Crippen molar-refractivity contribution in [2.75, 3.05) is 11.1 Å². The molecule has 0 saturated heterocycles. The zero-order valence-electron chi connectivity index (χ0n) is 18.0. The van der Waals surface area contributed by atoms with Gasteiger partial charge in [-0.1, -0.05) is 62.9 Å². The second-order valence-electron chi connectivity index (χ2n) is 7.72. The van der Waals surface area contributed by atoms with Crippen molar-refractivity contribution in [1.82, 2.24) is 14.8 Å². The lowest BCUT2D eigenvalue weighted by atomic mass is 10.0. The number of thiophene rings is 1. The number of anilines is 1. The summed E-state index contributed by atoms with van der Waals surface area (Å²) in [7, 11) is 0. The number of nitrogens with one attached hydrogen (secondary N) is 1. The second kappa shape index (κ2) is 9.66. The Bertz CT molecular complexity index is 1180. The van der Waals surface area contributed by atoms with Crippen LogP contribution in [-0.4, -0.2) is 26.4 Å². The van der Waals surface area contributed by atoms with Gasteiger partial charge < -0.3 is 9.88 Å². The van der Waals surface area contributed by atoms with Crippen LogP contribution in [0, 0.1) is 0 Å². The van der Waals surface area contributed by atoms with Crippen LogP contribution in [0.2, 0.25) is 0 Å². The fourth-order valence-corrected chi connectivity index (χ4v) is 5.15. The van der Waals surface area contributed by atoms with Gasteiger partial charge in [0.1, 0.15) is 0 Å². The average Bonchev–Trinajstić information content (AvgIpc) is 3.37. The molecule has 2 aromatic carbocycles. The molecule has 0 saturated carbocycles. The number of thioether (sulfide) groups is 1. The van der Waals surface area contributed by atoms with Crippen LogP contribution in [0.3, 0.4) is 0 Å². The molecule has 160 valence electrons. The zero-order chi connectivity index (χ0) is 21.8. The summed E-state index contributed by atoms with van der Waals surface area (Å²) in [5.74, 6) is 1.58. The van der Waals surface area contributed by atoms with Crippen LogP contribution in [0.25, 0.3) is 21.5 Å². The van der Waals surface area contributed by atoms with Crippen LogP contribution in [-0.2, 0) is 11.3 Å². The highest BCUT2D eigenvalue weighted by Gasteiger charge is 2.18. The van der Waals surface area contributed by atoms with E-state index in [1.807, 2.05) is 18.2 Å². The highest BCUT2D eigenvalue weighted by Crippen LogP contribution is 2.34. The number of carbonyl (C=O) groups excluding carboxylic acids is 1. The van der Waals surface area contributed by atoms with Crippen molar-refractivity contribution in [2.24, 2.45) is 0 Å². The zero-order valence-corrected chi connectivity index (χ0v) is 19.6. The van der Waals surface area contributed by atoms with E-state index in [1.54, 1.807) is 11.3 Å². The number of nitrogens with zero attached hydrogens (tertiary/aromatic N) is 3. The third kappa shape index (κ3) is 4.83. The molecule has 0 aliphatic carbocycles. The molecule has 0 spiro atoms. The molecule has 0 unspecified atom stereocenters. The monoisotopic (exact) mass is 450 g/mol. The molecule has 0 aliphatic rings. The molecule has 0 radical (unpaired) electrons. The van der Waals surface area contributed by atoms with Crippen molar-refractivity contribution in [3.8, 4) is 11.4 Å². The minimum atomic E-state index is -0.0455. The number of fused-ring (bicyclic) bond motifs is 1. The predicted octanol–water partition coefficient (Wildman–Crippen LogP) is 6.42. The van der Waals surface area contributed by atoms with Crippen molar-refractivity contribution in [3.05, 3.63) is 59.5 Å². The Hall–Kier alpha value is -2.64. The van der Waals surface area contributed by atoms with E-state index in [9.17, 15) is 4.79 Å². The van der Waals surface area contributed by atoms with Crippen LogP contribution < -0.4 is 5.32 Å². The van der Waals surface area contributed by atoms with Gasteiger partial charge in [0.2, 0.25) is 5.91 Å². The number of hydrogen-bond donors (Lipinski definition) is 1. The van der Waals surface area contributed by atoms with Gasteiger partial charge in [-0.05, 0) is 36.1 Å². The first-order valence-electron chi connectivity index (χ1n) is 10.5. The Balaban J connectivity index is 1.48. The highest BCUT2D eigenvalue weighted by atomic mass is 32.2. The maximum absolute atomic E-state index is 12.5. The molecular formula is C24H26N4OS2. The summed E-state index contributed by atoms with van der Waals surface area (Å²) in [5, 5.41) is 16.0. The lowest BCUT2D eigenvalue weighted by Gasteiger charge is -2.10. The molecule has 5 nitrogen and oxygen atoms in total. The molecule has 0 fully saturated rings. The molecule has 0 aliphatic heterocycles. The minimum Gasteiger partial charge on any atom is -0.325 e. The molecule has 0 bridgehead atoms. The molecule has 7 heteroatoms. The highest BCUT2D eigenvalue weighted by molar-refractivity contribution is 7.99. The molecule has 4 rings (SSSR count). The topological polar surface area (TPSA) is 59.8 Å². The minimum absolute atomic E-state index is 0.0455. The van der Waals surface area contributed by atoms with E-state index in [0.717, 1.165) is 35.2 Å². The standard InChI is InChI=1S/C24H26N4OS2/c1-4-13-28-23(20-14-30-21-8-6-5-7-19(20)21)26-27-24(28)31-15-22(29)25-18-11-9-17(10-12-18)16(2)3/h5-12,14,16H,4,13,15H2,1-3H3,(H,25,29). The number of hydrogen-bond acceptors (Lipinski definition) is 5. The van der Waals surface area contributed by atoms with Crippen molar-refractivity contribution >= 4 is 44.8 Å². The van der Waals surface area contributed by atoms with E-state index >= 15 is 0 Å². The summed E-state index contributed by atoms with van der Waals surface area (Å²) in [6.45, 7) is 7.26. The smallest absolute Gasteiger partial charge is 0.234 e. The Morgan fingerprint density at radius 2 is 1.90 bits per heavy atom. The molecule has 0 atom stereocenters. The van der Waals surface area contributed by atoms with Gasteiger partial charge in [0.05, 0.1) is 5.75 Å². The Morgan fingerprint density at radius 1 is 1.13 bits per heavy atom. The van der Waals surface area contributed by atoms with E-state index < -0.39 is 0 Å². The molecule has 2 aromatic heterocycles. The van der Waals surface area contributed by atoms with Gasteiger partial charge >= 0.3 is 0 Å². The maximum Gasteiger partial charge on any atom is 0.234 e. The third-order valence-electron chi connectivity index (χ3n) is 5.08. The van der Waals surface area contributed by atoms with E-state index in [4.69, 9.17) is 0 Å². The summed E-state index contributed by atoms with van der Waals surface area (Å²) in [6, 6.07) is 16.4. The SMILES string of the molecule is CCCn1c(SCC(=O)Nc2ccc(C(C)C)cc2)nnc1-c1csc2ccccc12. The van der Waals surface area contributed by atoms with Crippen molar-refractivity contribution in [3.63, 3.8) is 0 Å². The van der Waals surface area contributed by atoms with Crippen molar-refractivity contribution < 1.29 is 4.79 Å². The number of benzene rings is 2. The molecular weight excluding hydrogens is 424 g/mol. The summed E-state index contributed by atoms with van der Waals surface area (Å²) in [4.78, 5) is 12.5. The van der Waals surface area contributed by atoms with Gasteiger partial charge in [-0.3, -0.25) is 4.79 Å². The van der Waals surface area contributed by atoms with E-state index in [-0.39, 0.29) is 11.7 Å². The number of aromatic nitrogens is 3. The van der Waals surface area contributed by atoms with E-state index in [2.05, 4.69) is 76.6 Å². The van der Waals surface area contributed by atoms with Crippen LogP contribution in [0.4, 0.5) is 5.69 Å². The fourth-order valence-electron chi connectivity index (χ4n) is 3.45. The molecule has 2 heterocycles. The molecule has 1 amide bonds. The summed E-state index contributed by atoms with van der Waals surface area (Å²) in [6.07, 6.45) is 0.967. The summed E-state index contributed by atoms with van der Waals surface area (Å²) >= 11 is 3.14. The van der Waals surface area contributed by atoms with Gasteiger partial charge in [-0.2, -0.15) is 0 Å². The number of carbonyl (C=O) groups is 1. The van der Waals surface area contributed by atoms with Crippen LogP contribution in [0.5, 0.6) is 0 Å². The van der Waals surface area contributed by atoms with Gasteiger partial charge in [0, 0.05) is 33.3 Å². The van der Waals surface area contributed by atoms with Crippen molar-refractivity contribution in [2.45, 2.75) is 44.8 Å². The molecule has 4 aromatic rings. The lowest BCUT2D eigenvalue weighted by molar-refractivity contribution is -0.113. The largest absolute Gasteiger partial charge is 0.325 e. The molecule has 31 heavy (non-hydrogen) atoms. The van der Waals surface area contributed by atoms with Crippen molar-refractivity contribution in [1.29, 1.82) is 0 Å². The van der Waals surface area contributed by atoms with Crippen LogP contribution in [0.15, 0.2) is 59.1 Å². The Kier molecular flexibility index (Phi) is 6.73. The van der Waals surface area contributed by atoms with E-state index in [1.165, 1.54) is 27.4 Å². The number of amides is 1. The van der Waals surface area contributed by atoms with Gasteiger partial charge in [0.25, 0.3) is 0 Å². The van der Waals surface area contributed by atoms with Gasteiger partial charge in [-0.25, -0.2) is 0 Å². The second-order valence-corrected chi connectivity index (χ2v) is 9.57. The Morgan fingerprint density at radius 3 is 2.65 bits per heavy atom. The number of rotatable bonds is 8. The maximum atomic E-state index is 12.5. The van der Waals surface area contributed by atoms with E-state index in [0.29, 0.717) is 5.92 Å². The predicted molar refractivity (Wildman–Crippen MR) is 131 cm³/mol. The van der Waals surface area contributed by atoms with Gasteiger partial charge in [0.15, 0.2) is 11.0 Å². The normalized spacial score (nSPS) is 11.4. The summed E-state index contributed by atoms with van der Waals surface area (Å²) in [5.41, 5.74) is 3.17. The van der Waals surface area contributed by atoms with Crippen LogP contribution >= 0.6 is 23.1 Å². The first-order chi connectivity index (χ1) is 15.1.